The molecule has 27 heavy (non-hydrogen) atoms. The molecule has 2 aromatic heterocycles. The van der Waals surface area contributed by atoms with Crippen molar-refractivity contribution >= 4 is 11.0 Å². The van der Waals surface area contributed by atoms with Crippen LogP contribution < -0.4 is 5.63 Å². The first-order chi connectivity index (χ1) is 13.2. The van der Waals surface area contributed by atoms with Crippen molar-refractivity contribution in [1.29, 1.82) is 0 Å². The molecule has 0 saturated heterocycles. The van der Waals surface area contributed by atoms with Gasteiger partial charge in [-0.1, -0.05) is 24.3 Å². The molecule has 0 fully saturated rings. The molecule has 6 heteroatoms. The molecular formula is C21H17FN2O3. The van der Waals surface area contributed by atoms with Gasteiger partial charge in [-0.3, -0.25) is 0 Å². The fourth-order valence-corrected chi connectivity index (χ4v) is 2.91. The van der Waals surface area contributed by atoms with Crippen molar-refractivity contribution in [1.82, 2.24) is 9.55 Å². The largest absolute Gasteiger partial charge is 0.423 e. The minimum Gasteiger partial charge on any atom is -0.423 e. The Balaban J connectivity index is 1.55. The average Bonchev–Trinajstić information content (AvgIpc) is 3.18. The summed E-state index contributed by atoms with van der Waals surface area (Å²) in [4.78, 5) is 15.5. The Morgan fingerprint density at radius 2 is 1.93 bits per heavy atom. The molecule has 2 heterocycles. The Bertz CT molecular complexity index is 1090. The van der Waals surface area contributed by atoms with Gasteiger partial charge in [0.15, 0.2) is 0 Å². The van der Waals surface area contributed by atoms with Crippen LogP contribution in [0.5, 0.6) is 0 Å². The molecule has 0 saturated carbocycles. The van der Waals surface area contributed by atoms with Crippen molar-refractivity contribution in [2.24, 2.45) is 0 Å². The molecule has 2 aromatic carbocycles. The smallest absolute Gasteiger partial charge is 0.336 e. The van der Waals surface area contributed by atoms with Gasteiger partial charge in [0.05, 0.1) is 19.5 Å². The van der Waals surface area contributed by atoms with Crippen LogP contribution in [-0.4, -0.2) is 9.55 Å². The number of rotatable bonds is 6. The summed E-state index contributed by atoms with van der Waals surface area (Å²) in [7, 11) is 0. The molecule has 0 spiro atoms. The molecule has 0 bridgehead atoms. The first-order valence-electron chi connectivity index (χ1n) is 8.53. The molecule has 1 atom stereocenters. The van der Waals surface area contributed by atoms with Gasteiger partial charge in [0.1, 0.15) is 17.5 Å². The van der Waals surface area contributed by atoms with E-state index in [9.17, 15) is 9.18 Å². The number of hydrogen-bond acceptors (Lipinski definition) is 4. The maximum absolute atomic E-state index is 13.3. The zero-order chi connectivity index (χ0) is 18.6. The first kappa shape index (κ1) is 17.2. The number of nitrogens with zero attached hydrogens (tertiary/aromatic N) is 2. The average molecular weight is 364 g/mol. The van der Waals surface area contributed by atoms with Gasteiger partial charge in [-0.15, -0.1) is 0 Å². The number of imidazole rings is 1. The quantitative estimate of drug-likeness (QED) is 0.484. The molecule has 0 N–H and O–H groups in total. The van der Waals surface area contributed by atoms with Crippen molar-refractivity contribution < 1.29 is 13.5 Å². The lowest BCUT2D eigenvalue weighted by atomic mass is 10.1. The standard InChI is InChI=1S/C21H17FN2O3/c22-18-6-3-17(4-7-18)20(12-24-10-9-23-14-24)26-13-15-1-2-16-5-8-21(25)27-19(16)11-15/h1-11,14,20H,12-13H2. The van der Waals surface area contributed by atoms with E-state index in [4.69, 9.17) is 9.15 Å². The molecule has 0 radical (unpaired) electrons. The summed E-state index contributed by atoms with van der Waals surface area (Å²) in [5.41, 5.74) is 1.90. The predicted molar refractivity (Wildman–Crippen MR) is 98.6 cm³/mol. The van der Waals surface area contributed by atoms with E-state index in [-0.39, 0.29) is 17.5 Å². The van der Waals surface area contributed by atoms with E-state index in [1.165, 1.54) is 18.2 Å². The summed E-state index contributed by atoms with van der Waals surface area (Å²) in [6.45, 7) is 0.875. The van der Waals surface area contributed by atoms with Crippen molar-refractivity contribution in [2.45, 2.75) is 19.3 Å². The molecule has 1 unspecified atom stereocenters. The molecule has 0 aliphatic heterocycles. The van der Waals surface area contributed by atoms with Crippen molar-refractivity contribution in [3.8, 4) is 0 Å². The maximum Gasteiger partial charge on any atom is 0.336 e. The lowest BCUT2D eigenvalue weighted by Gasteiger charge is -2.19. The molecule has 0 aliphatic rings. The zero-order valence-corrected chi connectivity index (χ0v) is 14.4. The molecule has 136 valence electrons. The zero-order valence-electron chi connectivity index (χ0n) is 14.4. The van der Waals surface area contributed by atoms with Crippen LogP contribution in [0.15, 0.2) is 82.5 Å². The highest BCUT2D eigenvalue weighted by Gasteiger charge is 2.14. The Kier molecular flexibility index (Phi) is 4.80. The number of hydrogen-bond donors (Lipinski definition) is 0. The minimum absolute atomic E-state index is 0.279. The second-order valence-corrected chi connectivity index (χ2v) is 6.24. The molecule has 0 amide bonds. The SMILES string of the molecule is O=c1ccc2ccc(COC(Cn3ccnc3)c3ccc(F)cc3)cc2o1. The lowest BCUT2D eigenvalue weighted by molar-refractivity contribution is 0.0279. The van der Waals surface area contributed by atoms with Crippen LogP contribution in [-0.2, 0) is 17.9 Å². The highest BCUT2D eigenvalue weighted by atomic mass is 19.1. The molecule has 4 aromatic rings. The fraction of sp³-hybridized carbons (Fsp3) is 0.143. The van der Waals surface area contributed by atoms with Crippen LogP contribution in [0, 0.1) is 5.82 Å². The van der Waals surface area contributed by atoms with Gasteiger partial charge in [-0.2, -0.15) is 0 Å². The number of aromatic nitrogens is 2. The molecule has 5 nitrogen and oxygen atoms in total. The van der Waals surface area contributed by atoms with Crippen molar-refractivity contribution in [2.75, 3.05) is 0 Å². The summed E-state index contributed by atoms with van der Waals surface area (Å²) in [5.74, 6) is -0.287. The number of fused-ring (bicyclic) bond motifs is 1. The molecular weight excluding hydrogens is 347 g/mol. The Morgan fingerprint density at radius 3 is 2.70 bits per heavy atom. The third-order valence-corrected chi connectivity index (χ3v) is 4.32. The predicted octanol–water partition coefficient (Wildman–Crippen LogP) is 4.09. The minimum atomic E-state index is -0.384. The summed E-state index contributed by atoms with van der Waals surface area (Å²) < 4.78 is 26.5. The number of ether oxygens (including phenoxy) is 1. The van der Waals surface area contributed by atoms with E-state index in [1.807, 2.05) is 22.9 Å². The fourth-order valence-electron chi connectivity index (χ4n) is 2.91. The maximum atomic E-state index is 13.3. The Hall–Kier alpha value is -3.25. The van der Waals surface area contributed by atoms with Crippen LogP contribution >= 0.6 is 0 Å². The van der Waals surface area contributed by atoms with Crippen LogP contribution in [0.4, 0.5) is 4.39 Å². The summed E-state index contributed by atoms with van der Waals surface area (Å²) in [6, 6.07) is 15.0. The van der Waals surface area contributed by atoms with Gasteiger partial charge in [0.2, 0.25) is 0 Å². The number of halogens is 1. The van der Waals surface area contributed by atoms with Gasteiger partial charge in [0.25, 0.3) is 0 Å². The van der Waals surface area contributed by atoms with Gasteiger partial charge in [-0.05, 0) is 35.4 Å². The van der Waals surface area contributed by atoms with Crippen LogP contribution in [0.2, 0.25) is 0 Å². The Labute approximate surface area is 154 Å². The summed E-state index contributed by atoms with van der Waals surface area (Å²) >= 11 is 0. The summed E-state index contributed by atoms with van der Waals surface area (Å²) in [5, 5.41) is 0.854. The van der Waals surface area contributed by atoms with E-state index in [0.29, 0.717) is 18.7 Å². The first-order valence-corrected chi connectivity index (χ1v) is 8.53. The van der Waals surface area contributed by atoms with Crippen molar-refractivity contribution in [3.05, 3.63) is 101 Å². The van der Waals surface area contributed by atoms with E-state index in [2.05, 4.69) is 4.98 Å². The Morgan fingerprint density at radius 1 is 1.11 bits per heavy atom. The number of benzene rings is 2. The van der Waals surface area contributed by atoms with Crippen molar-refractivity contribution in [3.63, 3.8) is 0 Å². The highest BCUT2D eigenvalue weighted by Crippen LogP contribution is 2.23. The second-order valence-electron chi connectivity index (χ2n) is 6.24. The van der Waals surface area contributed by atoms with Crippen LogP contribution in [0.25, 0.3) is 11.0 Å². The van der Waals surface area contributed by atoms with Crippen LogP contribution in [0.3, 0.4) is 0 Å². The normalized spacial score (nSPS) is 12.3. The van der Waals surface area contributed by atoms with E-state index in [0.717, 1.165) is 16.5 Å². The third kappa shape index (κ3) is 4.12. The van der Waals surface area contributed by atoms with Gasteiger partial charge >= 0.3 is 5.63 Å². The third-order valence-electron chi connectivity index (χ3n) is 4.32. The molecule has 4 rings (SSSR count). The van der Waals surface area contributed by atoms with E-state index in [1.54, 1.807) is 36.8 Å². The van der Waals surface area contributed by atoms with Crippen LogP contribution in [0.1, 0.15) is 17.2 Å². The second kappa shape index (κ2) is 7.55. The highest BCUT2D eigenvalue weighted by molar-refractivity contribution is 5.76. The van der Waals surface area contributed by atoms with Gasteiger partial charge in [0, 0.05) is 23.8 Å². The van der Waals surface area contributed by atoms with E-state index < -0.39 is 0 Å². The summed E-state index contributed by atoms with van der Waals surface area (Å²) in [6.07, 6.45) is 4.99. The topological polar surface area (TPSA) is 57.3 Å². The lowest BCUT2D eigenvalue weighted by Crippen LogP contribution is -2.12. The van der Waals surface area contributed by atoms with Gasteiger partial charge in [-0.25, -0.2) is 14.2 Å². The van der Waals surface area contributed by atoms with E-state index >= 15 is 0 Å². The molecule has 0 aliphatic carbocycles. The monoisotopic (exact) mass is 364 g/mol. The van der Waals surface area contributed by atoms with Gasteiger partial charge < -0.3 is 13.7 Å².